The van der Waals surface area contributed by atoms with Gasteiger partial charge in [0.05, 0.1) is 0 Å². The lowest BCUT2D eigenvalue weighted by atomic mass is 10.1. The molecule has 1 fully saturated rings. The van der Waals surface area contributed by atoms with Crippen LogP contribution >= 0.6 is 0 Å². The van der Waals surface area contributed by atoms with E-state index in [4.69, 9.17) is 10.5 Å². The van der Waals surface area contributed by atoms with Crippen molar-refractivity contribution in [1.82, 2.24) is 9.55 Å². The Bertz CT molecular complexity index is 1050. The molecule has 0 bridgehead atoms. The monoisotopic (exact) mass is 428 g/mol. The predicted octanol–water partition coefficient (Wildman–Crippen LogP) is 2.89. The van der Waals surface area contributed by atoms with Crippen LogP contribution in [0.5, 0.6) is 5.75 Å². The Morgan fingerprint density at radius 2 is 1.97 bits per heavy atom. The number of carbonyl (C=O) groups is 1. The van der Waals surface area contributed by atoms with E-state index in [1.807, 2.05) is 39.0 Å². The molecule has 1 amide bonds. The van der Waals surface area contributed by atoms with Gasteiger partial charge in [-0.3, -0.25) is 24.0 Å². The summed E-state index contributed by atoms with van der Waals surface area (Å²) in [6.07, 6.45) is 5.11. The Labute approximate surface area is 182 Å². The largest absolute Gasteiger partial charge is 0.483 e. The summed E-state index contributed by atoms with van der Waals surface area (Å²) in [4.78, 5) is 42.2. The fourth-order valence-electron chi connectivity index (χ4n) is 4.09. The molecule has 2 aromatic rings. The van der Waals surface area contributed by atoms with Crippen LogP contribution in [0.15, 0.2) is 27.8 Å². The summed E-state index contributed by atoms with van der Waals surface area (Å²) >= 11 is 0. The number of nitrogen functional groups attached to an aromatic ring is 1. The molecule has 1 aromatic heterocycles. The molecule has 3 rings (SSSR count). The third-order valence-electron chi connectivity index (χ3n) is 5.84. The lowest BCUT2D eigenvalue weighted by molar-refractivity contribution is -0.121. The second kappa shape index (κ2) is 9.85. The van der Waals surface area contributed by atoms with Gasteiger partial charge in [-0.2, -0.15) is 0 Å². The Kier molecular flexibility index (Phi) is 7.20. The second-order valence-corrected chi connectivity index (χ2v) is 8.26. The number of ether oxygens (including phenoxy) is 1. The van der Waals surface area contributed by atoms with E-state index in [-0.39, 0.29) is 30.1 Å². The lowest BCUT2D eigenvalue weighted by Gasteiger charge is -2.30. The van der Waals surface area contributed by atoms with E-state index in [2.05, 4.69) is 4.98 Å². The number of carbonyl (C=O) groups excluding carboxylic acids is 1. The number of nitrogens with two attached hydrogens (primary N) is 1. The third-order valence-corrected chi connectivity index (χ3v) is 5.84. The van der Waals surface area contributed by atoms with Gasteiger partial charge in [0.2, 0.25) is 0 Å². The molecule has 0 atom stereocenters. The van der Waals surface area contributed by atoms with Crippen molar-refractivity contribution in [2.24, 2.45) is 0 Å². The highest BCUT2D eigenvalue weighted by molar-refractivity contribution is 5.97. The van der Waals surface area contributed by atoms with Gasteiger partial charge in [-0.15, -0.1) is 0 Å². The van der Waals surface area contributed by atoms with Gasteiger partial charge in [-0.05, 0) is 50.3 Å². The topological polar surface area (TPSA) is 110 Å². The summed E-state index contributed by atoms with van der Waals surface area (Å²) in [5, 5.41) is 0. The van der Waals surface area contributed by atoms with E-state index in [0.717, 1.165) is 49.7 Å². The van der Waals surface area contributed by atoms with Crippen LogP contribution in [0.25, 0.3) is 0 Å². The fraction of sp³-hybridized carbons (Fsp3) is 0.522. The van der Waals surface area contributed by atoms with E-state index in [0.29, 0.717) is 12.3 Å². The van der Waals surface area contributed by atoms with Gasteiger partial charge in [0.25, 0.3) is 11.5 Å². The van der Waals surface area contributed by atoms with Crippen LogP contribution in [-0.2, 0) is 11.3 Å². The highest BCUT2D eigenvalue weighted by atomic mass is 16.5. The number of benzene rings is 1. The number of aromatic amines is 1. The smallest absolute Gasteiger partial charge is 0.330 e. The number of anilines is 2. The van der Waals surface area contributed by atoms with Gasteiger partial charge in [0.15, 0.2) is 12.3 Å². The number of unbranched alkanes of at least 4 members (excludes halogenated alkanes) is 1. The molecule has 1 aromatic carbocycles. The summed E-state index contributed by atoms with van der Waals surface area (Å²) in [6, 6.07) is 5.66. The molecule has 1 aliphatic rings. The zero-order chi connectivity index (χ0) is 22.5. The molecule has 1 saturated carbocycles. The standard InChI is InChI=1S/C23H32N4O4/c1-4-5-12-26-21(24)20(22(29)25-23(26)30)27(17-8-6-7-9-17)19(28)14-31-18-13-15(2)10-11-16(18)3/h10-11,13,17H,4-9,12,14,24H2,1-3H3,(H,25,29,30). The molecule has 0 aliphatic heterocycles. The molecule has 3 N–H and O–H groups in total. The molecular weight excluding hydrogens is 396 g/mol. The van der Waals surface area contributed by atoms with Crippen LogP contribution in [0.4, 0.5) is 11.5 Å². The Hall–Kier alpha value is -3.03. The first kappa shape index (κ1) is 22.7. The summed E-state index contributed by atoms with van der Waals surface area (Å²) in [5.74, 6) is 0.328. The average Bonchev–Trinajstić information content (AvgIpc) is 3.25. The second-order valence-electron chi connectivity index (χ2n) is 8.26. The first-order valence-electron chi connectivity index (χ1n) is 11.0. The molecule has 8 heteroatoms. The molecule has 1 heterocycles. The molecule has 168 valence electrons. The van der Waals surface area contributed by atoms with Crippen LogP contribution < -0.4 is 26.6 Å². The molecule has 1 aliphatic carbocycles. The normalized spacial score (nSPS) is 14.0. The highest BCUT2D eigenvalue weighted by Gasteiger charge is 2.32. The maximum absolute atomic E-state index is 13.3. The van der Waals surface area contributed by atoms with Gasteiger partial charge >= 0.3 is 5.69 Å². The Morgan fingerprint density at radius 1 is 1.26 bits per heavy atom. The van der Waals surface area contributed by atoms with Crippen molar-refractivity contribution >= 4 is 17.4 Å². The number of rotatable bonds is 8. The van der Waals surface area contributed by atoms with Crippen LogP contribution in [0.2, 0.25) is 0 Å². The van der Waals surface area contributed by atoms with Crippen LogP contribution in [0.1, 0.15) is 56.6 Å². The van der Waals surface area contributed by atoms with Crippen molar-refractivity contribution < 1.29 is 9.53 Å². The van der Waals surface area contributed by atoms with Crippen LogP contribution in [0.3, 0.4) is 0 Å². The summed E-state index contributed by atoms with van der Waals surface area (Å²) in [6.45, 7) is 6.05. The molecule has 8 nitrogen and oxygen atoms in total. The quantitative estimate of drug-likeness (QED) is 0.672. The van der Waals surface area contributed by atoms with Crippen molar-refractivity contribution in [2.75, 3.05) is 17.2 Å². The number of H-pyrrole nitrogens is 1. The number of hydrogen-bond donors (Lipinski definition) is 2. The van der Waals surface area contributed by atoms with Crippen molar-refractivity contribution in [3.63, 3.8) is 0 Å². The van der Waals surface area contributed by atoms with Crippen molar-refractivity contribution in [3.8, 4) is 5.75 Å². The summed E-state index contributed by atoms with van der Waals surface area (Å²) < 4.78 is 7.18. The van der Waals surface area contributed by atoms with Crippen LogP contribution in [0, 0.1) is 13.8 Å². The van der Waals surface area contributed by atoms with E-state index in [1.54, 1.807) is 0 Å². The molecule has 0 spiro atoms. The lowest BCUT2D eigenvalue weighted by Crippen LogP contribution is -2.47. The molecule has 0 unspecified atom stereocenters. The van der Waals surface area contributed by atoms with Gasteiger partial charge in [-0.25, -0.2) is 4.79 Å². The Morgan fingerprint density at radius 3 is 2.65 bits per heavy atom. The minimum absolute atomic E-state index is 0.0363. The number of amides is 1. The van der Waals surface area contributed by atoms with Gasteiger partial charge < -0.3 is 10.5 Å². The average molecular weight is 429 g/mol. The van der Waals surface area contributed by atoms with Gasteiger partial charge in [0, 0.05) is 12.6 Å². The van der Waals surface area contributed by atoms with Crippen molar-refractivity contribution in [3.05, 3.63) is 50.2 Å². The number of nitrogens with zero attached hydrogens (tertiary/aromatic N) is 2. The SMILES string of the molecule is CCCCn1c(N)c(N(C(=O)COc2cc(C)ccc2C)C2CCCC2)c(=O)[nH]c1=O. The van der Waals surface area contributed by atoms with Gasteiger partial charge in [-0.1, -0.05) is 38.3 Å². The number of aromatic nitrogens is 2. The van der Waals surface area contributed by atoms with Gasteiger partial charge in [0.1, 0.15) is 11.6 Å². The molecular formula is C23H32N4O4. The summed E-state index contributed by atoms with van der Waals surface area (Å²) in [7, 11) is 0. The van der Waals surface area contributed by atoms with Crippen LogP contribution in [-0.4, -0.2) is 28.1 Å². The minimum atomic E-state index is -0.637. The predicted molar refractivity (Wildman–Crippen MR) is 122 cm³/mol. The van der Waals surface area contributed by atoms with E-state index in [1.165, 1.54) is 9.47 Å². The van der Waals surface area contributed by atoms with E-state index < -0.39 is 11.2 Å². The number of hydrogen-bond acceptors (Lipinski definition) is 5. The molecule has 0 saturated heterocycles. The zero-order valence-corrected chi connectivity index (χ0v) is 18.6. The molecule has 31 heavy (non-hydrogen) atoms. The maximum Gasteiger partial charge on any atom is 0.330 e. The summed E-state index contributed by atoms with van der Waals surface area (Å²) in [5.41, 5.74) is 7.12. The number of aryl methyl sites for hydroxylation is 2. The molecule has 0 radical (unpaired) electrons. The van der Waals surface area contributed by atoms with Crippen molar-refractivity contribution in [2.45, 2.75) is 71.9 Å². The fourth-order valence-corrected chi connectivity index (χ4v) is 4.09. The maximum atomic E-state index is 13.3. The first-order valence-corrected chi connectivity index (χ1v) is 11.0. The van der Waals surface area contributed by atoms with E-state index in [9.17, 15) is 14.4 Å². The minimum Gasteiger partial charge on any atom is -0.483 e. The first-order chi connectivity index (χ1) is 14.8. The zero-order valence-electron chi connectivity index (χ0n) is 18.6. The third kappa shape index (κ3) is 5.00. The van der Waals surface area contributed by atoms with E-state index >= 15 is 0 Å². The Balaban J connectivity index is 1.96. The highest BCUT2D eigenvalue weighted by Crippen LogP contribution is 2.30. The van der Waals surface area contributed by atoms with Crippen molar-refractivity contribution in [1.29, 1.82) is 0 Å². The number of nitrogens with one attached hydrogen (secondary N) is 1.